The van der Waals surface area contributed by atoms with Crippen LogP contribution in [0.25, 0.3) is 0 Å². The number of amides is 4. The van der Waals surface area contributed by atoms with Crippen molar-refractivity contribution in [3.63, 3.8) is 0 Å². The van der Waals surface area contributed by atoms with E-state index in [-0.39, 0.29) is 13.0 Å². The van der Waals surface area contributed by atoms with Crippen molar-refractivity contribution in [1.82, 2.24) is 16.0 Å². The lowest BCUT2D eigenvalue weighted by Gasteiger charge is -2.19. The van der Waals surface area contributed by atoms with E-state index in [1.807, 2.05) is 5.32 Å². The molecule has 0 aliphatic heterocycles. The average molecular weight is 320 g/mol. The fourth-order valence-electron chi connectivity index (χ4n) is 1.29. The van der Waals surface area contributed by atoms with E-state index in [1.165, 1.54) is 0 Å². The number of carbonyl (C=O) groups is 4. The molecule has 11 nitrogen and oxygen atoms in total. The molecule has 8 N–H and O–H groups in total. The SMILES string of the molecule is NC(=O)[C@H](CO)NC(=O)C(CO)NC(=O)CNC(=O)CCO. The molecule has 0 radical (unpaired) electrons. The highest BCUT2D eigenvalue weighted by atomic mass is 16.3. The molecular formula is C11H20N4O7. The molecule has 0 aliphatic carbocycles. The summed E-state index contributed by atoms with van der Waals surface area (Å²) in [5.74, 6) is -3.22. The van der Waals surface area contributed by atoms with Crippen LogP contribution in [0.15, 0.2) is 0 Å². The molecule has 0 heterocycles. The Bertz CT molecular complexity index is 415. The predicted molar refractivity (Wildman–Crippen MR) is 71.9 cm³/mol. The Morgan fingerprint density at radius 2 is 1.50 bits per heavy atom. The Balaban J connectivity index is 4.39. The van der Waals surface area contributed by atoms with E-state index < -0.39 is 55.5 Å². The van der Waals surface area contributed by atoms with Crippen molar-refractivity contribution < 1.29 is 34.5 Å². The molecule has 0 aliphatic rings. The van der Waals surface area contributed by atoms with Crippen LogP contribution in [0, 0.1) is 0 Å². The first-order chi connectivity index (χ1) is 10.3. The second kappa shape index (κ2) is 10.5. The van der Waals surface area contributed by atoms with E-state index in [2.05, 4.69) is 10.6 Å². The number of hydrogen-bond donors (Lipinski definition) is 7. The van der Waals surface area contributed by atoms with Crippen molar-refractivity contribution in [2.75, 3.05) is 26.4 Å². The monoisotopic (exact) mass is 320 g/mol. The maximum atomic E-state index is 11.7. The second-order valence-corrected chi connectivity index (χ2v) is 4.20. The summed E-state index contributed by atoms with van der Waals surface area (Å²) in [7, 11) is 0. The standard InChI is InChI=1S/C11H20N4O7/c12-10(21)6(4-17)15-11(22)7(5-18)14-9(20)3-13-8(19)1-2-16/h6-7,16-18H,1-5H2,(H2,12,21)(H,13,19)(H,14,20)(H,15,22)/t6-,7?/m0/s1. The van der Waals surface area contributed by atoms with E-state index in [9.17, 15) is 19.2 Å². The highest BCUT2D eigenvalue weighted by molar-refractivity contribution is 5.92. The largest absolute Gasteiger partial charge is 0.396 e. The van der Waals surface area contributed by atoms with Crippen LogP contribution in [0.3, 0.4) is 0 Å². The van der Waals surface area contributed by atoms with Crippen LogP contribution in [0.5, 0.6) is 0 Å². The van der Waals surface area contributed by atoms with Gasteiger partial charge in [-0.2, -0.15) is 0 Å². The summed E-state index contributed by atoms with van der Waals surface area (Å²) in [6, 6.07) is -2.72. The summed E-state index contributed by atoms with van der Waals surface area (Å²) in [5.41, 5.74) is 4.92. The minimum absolute atomic E-state index is 0.173. The zero-order chi connectivity index (χ0) is 17.1. The van der Waals surface area contributed by atoms with Gasteiger partial charge in [-0.15, -0.1) is 0 Å². The van der Waals surface area contributed by atoms with Gasteiger partial charge in [0, 0.05) is 6.42 Å². The quantitative estimate of drug-likeness (QED) is 0.209. The molecule has 11 heteroatoms. The van der Waals surface area contributed by atoms with Crippen LogP contribution in [-0.2, 0) is 19.2 Å². The number of nitrogens with two attached hydrogens (primary N) is 1. The fraction of sp³-hybridized carbons (Fsp3) is 0.636. The smallest absolute Gasteiger partial charge is 0.245 e. The van der Waals surface area contributed by atoms with E-state index in [1.54, 1.807) is 0 Å². The lowest BCUT2D eigenvalue weighted by molar-refractivity contribution is -0.133. The molecule has 2 atom stereocenters. The second-order valence-electron chi connectivity index (χ2n) is 4.20. The highest BCUT2D eigenvalue weighted by Gasteiger charge is 2.24. The van der Waals surface area contributed by atoms with Crippen LogP contribution >= 0.6 is 0 Å². The molecule has 126 valence electrons. The van der Waals surface area contributed by atoms with Crippen LogP contribution in [-0.4, -0.2) is 77.4 Å². The number of rotatable bonds is 10. The first-order valence-corrected chi connectivity index (χ1v) is 6.34. The first-order valence-electron chi connectivity index (χ1n) is 6.34. The van der Waals surface area contributed by atoms with Gasteiger partial charge in [-0.1, -0.05) is 0 Å². The molecule has 0 aromatic rings. The van der Waals surface area contributed by atoms with Gasteiger partial charge in [0.2, 0.25) is 23.6 Å². The molecule has 0 rings (SSSR count). The number of nitrogens with one attached hydrogen (secondary N) is 3. The van der Waals surface area contributed by atoms with Gasteiger partial charge in [0.05, 0.1) is 26.4 Å². The van der Waals surface area contributed by atoms with Crippen molar-refractivity contribution in [3.8, 4) is 0 Å². The molecule has 1 unspecified atom stereocenters. The number of primary amides is 1. The lowest BCUT2D eigenvalue weighted by atomic mass is 10.2. The van der Waals surface area contributed by atoms with Crippen molar-refractivity contribution in [1.29, 1.82) is 0 Å². The number of carbonyl (C=O) groups excluding carboxylic acids is 4. The fourth-order valence-corrected chi connectivity index (χ4v) is 1.29. The van der Waals surface area contributed by atoms with E-state index in [0.29, 0.717) is 0 Å². The summed E-state index contributed by atoms with van der Waals surface area (Å²) in [6.45, 7) is -2.32. The van der Waals surface area contributed by atoms with E-state index in [0.717, 1.165) is 0 Å². The Hall–Kier alpha value is -2.24. The topological polar surface area (TPSA) is 191 Å². The summed E-state index contributed by atoms with van der Waals surface area (Å²) >= 11 is 0. The van der Waals surface area contributed by atoms with Crippen LogP contribution < -0.4 is 21.7 Å². The summed E-state index contributed by atoms with van der Waals surface area (Å²) in [4.78, 5) is 45.1. The first kappa shape index (κ1) is 19.8. The van der Waals surface area contributed by atoms with Crippen LogP contribution in [0.2, 0.25) is 0 Å². The maximum Gasteiger partial charge on any atom is 0.245 e. The molecular weight excluding hydrogens is 300 g/mol. The van der Waals surface area contributed by atoms with Crippen LogP contribution in [0.1, 0.15) is 6.42 Å². The van der Waals surface area contributed by atoms with Crippen molar-refractivity contribution in [3.05, 3.63) is 0 Å². The third kappa shape index (κ3) is 7.52. The van der Waals surface area contributed by atoms with Gasteiger partial charge in [-0.05, 0) is 0 Å². The average Bonchev–Trinajstić information content (AvgIpc) is 2.47. The molecule has 22 heavy (non-hydrogen) atoms. The van der Waals surface area contributed by atoms with Crippen molar-refractivity contribution >= 4 is 23.6 Å². The summed E-state index contributed by atoms with van der Waals surface area (Å²) in [5, 5.41) is 32.8. The minimum Gasteiger partial charge on any atom is -0.396 e. The molecule has 0 bridgehead atoms. The Kier molecular flexibility index (Phi) is 9.41. The van der Waals surface area contributed by atoms with Gasteiger partial charge >= 0.3 is 0 Å². The number of aliphatic hydroxyl groups excluding tert-OH is 3. The number of aliphatic hydroxyl groups is 3. The summed E-state index contributed by atoms with van der Waals surface area (Å²) in [6.07, 6.45) is -0.173. The molecule has 0 saturated heterocycles. The molecule has 4 amide bonds. The zero-order valence-electron chi connectivity index (χ0n) is 11.7. The molecule has 0 aromatic carbocycles. The summed E-state index contributed by atoms with van der Waals surface area (Å²) < 4.78 is 0. The minimum atomic E-state index is -1.38. The third-order valence-corrected chi connectivity index (χ3v) is 2.46. The number of hydrogen-bond acceptors (Lipinski definition) is 7. The predicted octanol–water partition coefficient (Wildman–Crippen LogP) is -5.08. The van der Waals surface area contributed by atoms with Gasteiger partial charge in [-0.25, -0.2) is 0 Å². The molecule has 0 aromatic heterocycles. The van der Waals surface area contributed by atoms with E-state index >= 15 is 0 Å². The van der Waals surface area contributed by atoms with E-state index in [4.69, 9.17) is 21.1 Å². The van der Waals surface area contributed by atoms with Gasteiger partial charge in [0.1, 0.15) is 12.1 Å². The van der Waals surface area contributed by atoms with Gasteiger partial charge in [0.15, 0.2) is 0 Å². The van der Waals surface area contributed by atoms with Gasteiger partial charge in [0.25, 0.3) is 0 Å². The lowest BCUT2D eigenvalue weighted by Crippen LogP contribution is -2.56. The highest BCUT2D eigenvalue weighted by Crippen LogP contribution is 1.88. The normalized spacial score (nSPS) is 12.9. The van der Waals surface area contributed by atoms with Crippen molar-refractivity contribution in [2.24, 2.45) is 5.73 Å². The Morgan fingerprint density at radius 3 is 1.95 bits per heavy atom. The van der Waals surface area contributed by atoms with Crippen LogP contribution in [0.4, 0.5) is 0 Å². The molecule has 0 saturated carbocycles. The maximum absolute atomic E-state index is 11.7. The molecule has 0 spiro atoms. The molecule has 0 fully saturated rings. The van der Waals surface area contributed by atoms with Crippen molar-refractivity contribution in [2.45, 2.75) is 18.5 Å². The Morgan fingerprint density at radius 1 is 0.909 bits per heavy atom. The van der Waals surface area contributed by atoms with Gasteiger partial charge in [-0.3, -0.25) is 19.2 Å². The zero-order valence-corrected chi connectivity index (χ0v) is 11.7. The van der Waals surface area contributed by atoms with Gasteiger partial charge < -0.3 is 37.0 Å². The third-order valence-electron chi connectivity index (χ3n) is 2.46. The Labute approximate surface area is 125 Å².